The number of carbonyl (C=O) groups is 2. The number of rotatable bonds is 6. The zero-order valence-electron chi connectivity index (χ0n) is 17.2. The molecule has 0 spiro atoms. The van der Waals surface area contributed by atoms with E-state index in [1.807, 2.05) is 48.5 Å². The summed E-state index contributed by atoms with van der Waals surface area (Å²) in [6.07, 6.45) is 0. The van der Waals surface area contributed by atoms with Gasteiger partial charge in [0.1, 0.15) is 16.9 Å². The molecule has 0 saturated carbocycles. The van der Waals surface area contributed by atoms with Crippen LogP contribution in [0.15, 0.2) is 72.8 Å². The molecule has 1 fully saturated rings. The van der Waals surface area contributed by atoms with Gasteiger partial charge in [0, 0.05) is 16.8 Å². The monoisotopic (exact) mass is 434 g/mol. The van der Waals surface area contributed by atoms with E-state index in [2.05, 4.69) is 5.32 Å². The Morgan fingerprint density at radius 2 is 1.68 bits per heavy atom. The Bertz CT molecular complexity index is 1100. The highest BCUT2D eigenvalue weighted by Gasteiger charge is 2.36. The Morgan fingerprint density at radius 1 is 0.968 bits per heavy atom. The van der Waals surface area contributed by atoms with Crippen LogP contribution in [0.4, 0.5) is 11.4 Å². The topological polar surface area (TPSA) is 67.9 Å². The fourth-order valence-electron chi connectivity index (χ4n) is 3.51. The van der Waals surface area contributed by atoms with Crippen molar-refractivity contribution in [1.82, 2.24) is 0 Å². The summed E-state index contributed by atoms with van der Waals surface area (Å²) >= 11 is 1.52. The second kappa shape index (κ2) is 9.14. The molecule has 0 aromatic heterocycles. The average molecular weight is 435 g/mol. The molecule has 1 N–H and O–H groups in total. The second-order valence-corrected chi connectivity index (χ2v) is 7.94. The predicted molar refractivity (Wildman–Crippen MR) is 123 cm³/mol. The van der Waals surface area contributed by atoms with Gasteiger partial charge in [-0.3, -0.25) is 14.5 Å². The molecule has 1 aliphatic heterocycles. The zero-order chi connectivity index (χ0) is 21.8. The van der Waals surface area contributed by atoms with Crippen molar-refractivity contribution in [3.63, 3.8) is 0 Å². The third-order valence-electron chi connectivity index (χ3n) is 5.04. The number of amides is 2. The molecule has 0 bridgehead atoms. The molecule has 6 nitrogen and oxygen atoms in total. The van der Waals surface area contributed by atoms with Crippen molar-refractivity contribution in [2.75, 3.05) is 30.2 Å². The molecule has 1 aliphatic rings. The van der Waals surface area contributed by atoms with Gasteiger partial charge in [0.15, 0.2) is 0 Å². The lowest BCUT2D eigenvalue weighted by Crippen LogP contribution is -2.29. The number of benzene rings is 3. The van der Waals surface area contributed by atoms with Crippen molar-refractivity contribution in [1.29, 1.82) is 0 Å². The number of methoxy groups -OCH3 is 2. The highest BCUT2D eigenvalue weighted by molar-refractivity contribution is 8.00. The lowest BCUT2D eigenvalue weighted by Gasteiger charge is -2.27. The standard InChI is InChI=1S/C24H22N2O4S/c1-29-17-13-11-16(12-14-17)23(28)25-19-8-4-3-7-18(19)24-26(22(27)15-31-24)20-9-5-6-10-21(20)30-2/h3-14,24H,15H2,1-2H3,(H,25,28)/t24-/m0/s1. The molecule has 1 saturated heterocycles. The van der Waals surface area contributed by atoms with Crippen LogP contribution in [0.5, 0.6) is 11.5 Å². The maximum absolute atomic E-state index is 12.8. The summed E-state index contributed by atoms with van der Waals surface area (Å²) in [4.78, 5) is 27.4. The van der Waals surface area contributed by atoms with Gasteiger partial charge >= 0.3 is 0 Å². The lowest BCUT2D eigenvalue weighted by molar-refractivity contribution is -0.115. The quantitative estimate of drug-likeness (QED) is 0.607. The van der Waals surface area contributed by atoms with Crippen LogP contribution in [0.1, 0.15) is 21.3 Å². The number of anilines is 2. The smallest absolute Gasteiger partial charge is 0.255 e. The zero-order valence-corrected chi connectivity index (χ0v) is 18.0. The highest BCUT2D eigenvalue weighted by atomic mass is 32.2. The number of thioether (sulfide) groups is 1. The minimum Gasteiger partial charge on any atom is -0.497 e. The van der Waals surface area contributed by atoms with Gasteiger partial charge in [0.05, 0.1) is 25.7 Å². The third-order valence-corrected chi connectivity index (χ3v) is 6.23. The summed E-state index contributed by atoms with van der Waals surface area (Å²) in [7, 11) is 3.17. The van der Waals surface area contributed by atoms with Crippen LogP contribution in [-0.4, -0.2) is 31.8 Å². The van der Waals surface area contributed by atoms with E-state index in [4.69, 9.17) is 9.47 Å². The molecule has 158 valence electrons. The van der Waals surface area contributed by atoms with Crippen molar-refractivity contribution >= 4 is 35.0 Å². The number of ether oxygens (including phenoxy) is 2. The molecule has 31 heavy (non-hydrogen) atoms. The number of nitrogens with one attached hydrogen (secondary N) is 1. The summed E-state index contributed by atoms with van der Waals surface area (Å²) in [5.41, 5.74) is 2.75. The van der Waals surface area contributed by atoms with Gasteiger partial charge in [0.25, 0.3) is 5.91 Å². The Morgan fingerprint density at radius 3 is 2.42 bits per heavy atom. The Balaban J connectivity index is 1.65. The van der Waals surface area contributed by atoms with Gasteiger partial charge in [-0.25, -0.2) is 0 Å². The number of para-hydroxylation sites is 3. The van der Waals surface area contributed by atoms with E-state index in [1.54, 1.807) is 43.4 Å². The molecule has 7 heteroatoms. The summed E-state index contributed by atoms with van der Waals surface area (Å²) in [6, 6.07) is 21.9. The Hall–Kier alpha value is -3.45. The van der Waals surface area contributed by atoms with E-state index in [0.717, 1.165) is 5.56 Å². The van der Waals surface area contributed by atoms with Crippen LogP contribution in [0.25, 0.3) is 0 Å². The third kappa shape index (κ3) is 4.22. The summed E-state index contributed by atoms with van der Waals surface area (Å²) in [6.45, 7) is 0. The van der Waals surface area contributed by atoms with E-state index >= 15 is 0 Å². The van der Waals surface area contributed by atoms with Crippen molar-refractivity contribution in [3.8, 4) is 11.5 Å². The first-order valence-electron chi connectivity index (χ1n) is 9.73. The minimum atomic E-state index is -0.281. The maximum Gasteiger partial charge on any atom is 0.255 e. The number of hydrogen-bond donors (Lipinski definition) is 1. The largest absolute Gasteiger partial charge is 0.497 e. The summed E-state index contributed by atoms with van der Waals surface area (Å²) in [5, 5.41) is 2.71. The minimum absolute atomic E-state index is 0.00390. The number of carbonyl (C=O) groups excluding carboxylic acids is 2. The van der Waals surface area contributed by atoms with E-state index in [0.29, 0.717) is 34.2 Å². The van der Waals surface area contributed by atoms with E-state index in [1.165, 1.54) is 11.8 Å². The van der Waals surface area contributed by atoms with Gasteiger partial charge < -0.3 is 14.8 Å². The molecule has 1 atom stereocenters. The average Bonchev–Trinajstić information content (AvgIpc) is 3.20. The van der Waals surface area contributed by atoms with Crippen LogP contribution >= 0.6 is 11.8 Å². The number of hydrogen-bond acceptors (Lipinski definition) is 5. The van der Waals surface area contributed by atoms with Gasteiger partial charge in [-0.1, -0.05) is 30.3 Å². The Labute approximate surface area is 185 Å². The molecule has 2 amide bonds. The maximum atomic E-state index is 12.8. The molecule has 0 aliphatic carbocycles. The fraction of sp³-hybridized carbons (Fsp3) is 0.167. The van der Waals surface area contributed by atoms with E-state index in [9.17, 15) is 9.59 Å². The lowest BCUT2D eigenvalue weighted by atomic mass is 10.1. The second-order valence-electron chi connectivity index (χ2n) is 6.87. The SMILES string of the molecule is COc1ccc(C(=O)Nc2ccccc2[C@@H]2SCC(=O)N2c2ccccc2OC)cc1. The normalized spacial score (nSPS) is 15.6. The van der Waals surface area contributed by atoms with Crippen LogP contribution in [0.2, 0.25) is 0 Å². The Kier molecular flexibility index (Phi) is 6.13. The first kappa shape index (κ1) is 20.8. The van der Waals surface area contributed by atoms with Gasteiger partial charge in [-0.15, -0.1) is 11.8 Å². The molecule has 0 unspecified atom stereocenters. The van der Waals surface area contributed by atoms with Gasteiger partial charge in [-0.2, -0.15) is 0 Å². The van der Waals surface area contributed by atoms with Crippen LogP contribution in [0.3, 0.4) is 0 Å². The molecular weight excluding hydrogens is 412 g/mol. The van der Waals surface area contributed by atoms with Gasteiger partial charge in [-0.05, 0) is 42.5 Å². The van der Waals surface area contributed by atoms with Crippen molar-refractivity contribution in [2.24, 2.45) is 0 Å². The highest BCUT2D eigenvalue weighted by Crippen LogP contribution is 2.46. The van der Waals surface area contributed by atoms with Gasteiger partial charge in [0.2, 0.25) is 5.91 Å². The fourth-order valence-corrected chi connectivity index (χ4v) is 4.71. The van der Waals surface area contributed by atoms with Crippen LogP contribution in [-0.2, 0) is 4.79 Å². The molecular formula is C24H22N2O4S. The van der Waals surface area contributed by atoms with E-state index in [-0.39, 0.29) is 17.2 Å². The summed E-state index contributed by atoms with van der Waals surface area (Å²) in [5.74, 6) is 1.43. The summed E-state index contributed by atoms with van der Waals surface area (Å²) < 4.78 is 10.6. The van der Waals surface area contributed by atoms with E-state index < -0.39 is 0 Å². The predicted octanol–water partition coefficient (Wildman–Crippen LogP) is 4.73. The van der Waals surface area contributed by atoms with Crippen molar-refractivity contribution < 1.29 is 19.1 Å². The van der Waals surface area contributed by atoms with Crippen LogP contribution < -0.4 is 19.7 Å². The molecule has 0 radical (unpaired) electrons. The molecule has 1 heterocycles. The molecule has 3 aromatic carbocycles. The number of nitrogens with zero attached hydrogens (tertiary/aromatic N) is 1. The first-order chi connectivity index (χ1) is 15.1. The van der Waals surface area contributed by atoms with Crippen molar-refractivity contribution in [3.05, 3.63) is 83.9 Å². The van der Waals surface area contributed by atoms with Crippen molar-refractivity contribution in [2.45, 2.75) is 5.37 Å². The first-order valence-corrected chi connectivity index (χ1v) is 10.8. The molecule has 4 rings (SSSR count). The van der Waals surface area contributed by atoms with Crippen LogP contribution in [0, 0.1) is 0 Å². The molecule has 3 aromatic rings.